The average molecular weight is 336 g/mol. The van der Waals surface area contributed by atoms with Crippen molar-refractivity contribution in [1.82, 2.24) is 4.72 Å². The third kappa shape index (κ3) is 4.20. The summed E-state index contributed by atoms with van der Waals surface area (Å²) in [7, 11) is -3.68. The van der Waals surface area contributed by atoms with Crippen molar-refractivity contribution in [1.29, 1.82) is 0 Å². The second-order valence-electron chi connectivity index (χ2n) is 5.43. The molecule has 1 aromatic carbocycles. The maximum absolute atomic E-state index is 12.5. The lowest BCUT2D eigenvalue weighted by atomic mass is 10.1. The molecule has 0 spiro atoms. The Hall–Kier alpha value is -2.12. The number of furan rings is 1. The van der Waals surface area contributed by atoms with Gasteiger partial charge in [0.05, 0.1) is 0 Å². The first kappa shape index (κ1) is 17.2. The maximum Gasteiger partial charge on any atom is 0.244 e. The summed E-state index contributed by atoms with van der Waals surface area (Å²) in [5.41, 5.74) is 1.37. The Morgan fingerprint density at radius 2 is 1.91 bits per heavy atom. The van der Waals surface area contributed by atoms with Crippen molar-refractivity contribution in [3.05, 3.63) is 47.4 Å². The number of carbonyl (C=O) groups is 1. The average Bonchev–Trinajstić information content (AvgIpc) is 2.77. The molecule has 0 saturated carbocycles. The molecule has 0 radical (unpaired) electrons. The van der Waals surface area contributed by atoms with Gasteiger partial charge in [-0.25, -0.2) is 13.1 Å². The molecule has 0 saturated heterocycles. The van der Waals surface area contributed by atoms with Crippen LogP contribution in [-0.2, 0) is 14.8 Å². The predicted octanol–water partition coefficient (Wildman–Crippen LogP) is 2.89. The van der Waals surface area contributed by atoms with Gasteiger partial charge in [0.25, 0.3) is 0 Å². The van der Waals surface area contributed by atoms with E-state index in [-0.39, 0.29) is 10.8 Å². The van der Waals surface area contributed by atoms with Crippen molar-refractivity contribution in [3.8, 4) is 0 Å². The summed E-state index contributed by atoms with van der Waals surface area (Å²) < 4.78 is 32.9. The van der Waals surface area contributed by atoms with E-state index in [4.69, 9.17) is 4.42 Å². The zero-order valence-corrected chi connectivity index (χ0v) is 14.3. The van der Waals surface area contributed by atoms with E-state index in [1.165, 1.54) is 13.0 Å². The van der Waals surface area contributed by atoms with Crippen LogP contribution in [0.3, 0.4) is 0 Å². The van der Waals surface area contributed by atoms with E-state index in [1.807, 2.05) is 0 Å². The van der Waals surface area contributed by atoms with Gasteiger partial charge in [0.15, 0.2) is 0 Å². The molecule has 0 aliphatic rings. The van der Waals surface area contributed by atoms with Gasteiger partial charge in [-0.2, -0.15) is 0 Å². The zero-order valence-electron chi connectivity index (χ0n) is 13.5. The van der Waals surface area contributed by atoms with Crippen LogP contribution < -0.4 is 10.0 Å². The molecule has 1 aromatic heterocycles. The second kappa shape index (κ2) is 6.55. The molecule has 1 atom stereocenters. The highest BCUT2D eigenvalue weighted by molar-refractivity contribution is 7.89. The van der Waals surface area contributed by atoms with Crippen molar-refractivity contribution in [3.63, 3.8) is 0 Å². The third-order valence-corrected chi connectivity index (χ3v) is 4.97. The number of amides is 1. The van der Waals surface area contributed by atoms with Crippen LogP contribution in [0.4, 0.5) is 5.69 Å². The number of carbonyl (C=O) groups excluding carboxylic acids is 1. The lowest BCUT2D eigenvalue weighted by Crippen LogP contribution is -2.27. The van der Waals surface area contributed by atoms with Gasteiger partial charge in [-0.1, -0.05) is 12.1 Å². The van der Waals surface area contributed by atoms with Gasteiger partial charge in [-0.3, -0.25) is 4.79 Å². The van der Waals surface area contributed by atoms with Gasteiger partial charge >= 0.3 is 0 Å². The van der Waals surface area contributed by atoms with Gasteiger partial charge in [0.2, 0.25) is 15.9 Å². The molecule has 2 N–H and O–H groups in total. The van der Waals surface area contributed by atoms with Crippen LogP contribution in [0.1, 0.15) is 37.0 Å². The number of rotatable bonds is 5. The molecule has 1 unspecified atom stereocenters. The fourth-order valence-electron chi connectivity index (χ4n) is 2.33. The molecular weight excluding hydrogens is 316 g/mol. The second-order valence-corrected chi connectivity index (χ2v) is 7.11. The Kier molecular flexibility index (Phi) is 4.91. The van der Waals surface area contributed by atoms with E-state index in [2.05, 4.69) is 10.0 Å². The fourth-order valence-corrected chi connectivity index (χ4v) is 3.80. The normalized spacial score (nSPS) is 12.9. The van der Waals surface area contributed by atoms with Crippen molar-refractivity contribution in [2.45, 2.75) is 38.6 Å². The number of benzene rings is 1. The van der Waals surface area contributed by atoms with E-state index >= 15 is 0 Å². The lowest BCUT2D eigenvalue weighted by molar-refractivity contribution is -0.114. The van der Waals surface area contributed by atoms with Gasteiger partial charge in [-0.05, 0) is 44.5 Å². The van der Waals surface area contributed by atoms with Crippen LogP contribution in [0.15, 0.2) is 39.6 Å². The highest BCUT2D eigenvalue weighted by atomic mass is 32.2. The van der Waals surface area contributed by atoms with Crippen molar-refractivity contribution in [2.75, 3.05) is 5.32 Å². The molecule has 0 aliphatic heterocycles. The minimum Gasteiger partial charge on any atom is -0.465 e. The Bertz CT molecular complexity index is 824. The Balaban J connectivity index is 2.23. The van der Waals surface area contributed by atoms with Crippen LogP contribution in [-0.4, -0.2) is 14.3 Å². The predicted molar refractivity (Wildman–Crippen MR) is 87.7 cm³/mol. The maximum atomic E-state index is 12.5. The van der Waals surface area contributed by atoms with Crippen LogP contribution in [0.5, 0.6) is 0 Å². The quantitative estimate of drug-likeness (QED) is 0.879. The number of anilines is 1. The highest BCUT2D eigenvalue weighted by Crippen LogP contribution is 2.23. The van der Waals surface area contributed by atoms with Crippen molar-refractivity contribution >= 4 is 21.6 Å². The standard InChI is InChI=1S/C16H20N2O4S/c1-10-8-16(12(3)22-10)23(20,21)18-11(2)14-6-5-7-15(9-14)17-13(4)19/h5-9,11,18H,1-4H3,(H,17,19). The summed E-state index contributed by atoms with van der Waals surface area (Å²) in [6, 6.07) is 8.09. The zero-order chi connectivity index (χ0) is 17.2. The smallest absolute Gasteiger partial charge is 0.244 e. The monoisotopic (exact) mass is 336 g/mol. The first-order chi connectivity index (χ1) is 10.7. The Labute approximate surface area is 135 Å². The number of sulfonamides is 1. The van der Waals surface area contributed by atoms with Gasteiger partial charge in [0.1, 0.15) is 16.4 Å². The molecule has 0 aliphatic carbocycles. The summed E-state index contributed by atoms with van der Waals surface area (Å²) >= 11 is 0. The number of nitrogens with one attached hydrogen (secondary N) is 2. The topological polar surface area (TPSA) is 88.4 Å². The van der Waals surface area contributed by atoms with E-state index < -0.39 is 16.1 Å². The molecule has 7 heteroatoms. The van der Waals surface area contributed by atoms with Crippen LogP contribution in [0, 0.1) is 13.8 Å². The molecule has 0 bridgehead atoms. The SMILES string of the molecule is CC(=O)Nc1cccc(C(C)NS(=O)(=O)c2cc(C)oc2C)c1. The summed E-state index contributed by atoms with van der Waals surface area (Å²) in [6.45, 7) is 6.48. The molecular formula is C16H20N2O4S. The first-order valence-corrected chi connectivity index (χ1v) is 8.64. The molecule has 6 nitrogen and oxygen atoms in total. The minimum atomic E-state index is -3.68. The summed E-state index contributed by atoms with van der Waals surface area (Å²) in [5.74, 6) is 0.720. The Morgan fingerprint density at radius 1 is 1.22 bits per heavy atom. The van der Waals surface area contributed by atoms with E-state index in [1.54, 1.807) is 45.0 Å². The fraction of sp³-hybridized carbons (Fsp3) is 0.312. The third-order valence-electron chi connectivity index (χ3n) is 3.32. The van der Waals surface area contributed by atoms with E-state index in [9.17, 15) is 13.2 Å². The van der Waals surface area contributed by atoms with Crippen LogP contribution in [0.25, 0.3) is 0 Å². The largest absolute Gasteiger partial charge is 0.465 e. The van der Waals surface area contributed by atoms with E-state index in [0.717, 1.165) is 5.56 Å². The van der Waals surface area contributed by atoms with Crippen molar-refractivity contribution in [2.24, 2.45) is 0 Å². The van der Waals surface area contributed by atoms with E-state index in [0.29, 0.717) is 17.2 Å². The molecule has 1 heterocycles. The lowest BCUT2D eigenvalue weighted by Gasteiger charge is -2.15. The van der Waals surface area contributed by atoms with Gasteiger partial charge < -0.3 is 9.73 Å². The molecule has 124 valence electrons. The summed E-state index contributed by atoms with van der Waals surface area (Å²) in [5, 5.41) is 2.68. The molecule has 2 aromatic rings. The molecule has 0 fully saturated rings. The van der Waals surface area contributed by atoms with Gasteiger partial charge in [-0.15, -0.1) is 0 Å². The molecule has 2 rings (SSSR count). The van der Waals surface area contributed by atoms with Crippen LogP contribution in [0.2, 0.25) is 0 Å². The number of hydrogen-bond donors (Lipinski definition) is 2. The molecule has 23 heavy (non-hydrogen) atoms. The summed E-state index contributed by atoms with van der Waals surface area (Å²) in [4.78, 5) is 11.3. The van der Waals surface area contributed by atoms with Crippen molar-refractivity contribution < 1.29 is 17.6 Å². The molecule has 1 amide bonds. The number of aryl methyl sites for hydroxylation is 2. The highest BCUT2D eigenvalue weighted by Gasteiger charge is 2.23. The van der Waals surface area contributed by atoms with Crippen LogP contribution >= 0.6 is 0 Å². The first-order valence-electron chi connectivity index (χ1n) is 7.16. The Morgan fingerprint density at radius 3 is 2.48 bits per heavy atom. The number of hydrogen-bond acceptors (Lipinski definition) is 4. The van der Waals surface area contributed by atoms with Gasteiger partial charge in [0, 0.05) is 18.7 Å². The summed E-state index contributed by atoms with van der Waals surface area (Å²) in [6.07, 6.45) is 0. The minimum absolute atomic E-state index is 0.139.